The molecule has 0 aromatic heterocycles. The zero-order chi connectivity index (χ0) is 11.4. The second kappa shape index (κ2) is 5.01. The predicted molar refractivity (Wildman–Crippen MR) is 57.8 cm³/mol. The van der Waals surface area contributed by atoms with Crippen LogP contribution in [0.25, 0.3) is 0 Å². The van der Waals surface area contributed by atoms with Crippen LogP contribution in [-0.4, -0.2) is 11.2 Å². The molecule has 0 fully saturated rings. The van der Waals surface area contributed by atoms with Crippen molar-refractivity contribution in [3.8, 4) is 11.5 Å². The Morgan fingerprint density at radius 1 is 1.40 bits per heavy atom. The first-order valence-electron chi connectivity index (χ1n) is 5.22. The van der Waals surface area contributed by atoms with Crippen molar-refractivity contribution in [2.75, 3.05) is 0 Å². The molecular weight excluding hydrogens is 195 g/mol. The third-order valence-corrected chi connectivity index (χ3v) is 1.99. The molecule has 0 amide bonds. The van der Waals surface area contributed by atoms with Gasteiger partial charge in [-0.05, 0) is 38.0 Å². The molecule has 84 valence electrons. The molecule has 0 atom stereocenters. The van der Waals surface area contributed by atoms with Crippen LogP contribution in [0.5, 0.6) is 11.5 Å². The highest BCUT2D eigenvalue weighted by Gasteiger charge is 2.11. The number of halogens is 1. The third-order valence-electron chi connectivity index (χ3n) is 1.99. The lowest BCUT2D eigenvalue weighted by atomic mass is 10.1. The topological polar surface area (TPSA) is 29.5 Å². The fraction of sp³-hybridized carbons (Fsp3) is 0.500. The van der Waals surface area contributed by atoms with Crippen LogP contribution in [0.1, 0.15) is 32.8 Å². The molecule has 0 saturated carbocycles. The van der Waals surface area contributed by atoms with E-state index in [9.17, 15) is 9.50 Å². The van der Waals surface area contributed by atoms with E-state index in [1.54, 1.807) is 6.07 Å². The van der Waals surface area contributed by atoms with Gasteiger partial charge in [-0.15, -0.1) is 0 Å². The van der Waals surface area contributed by atoms with E-state index in [2.05, 4.69) is 0 Å². The lowest BCUT2D eigenvalue weighted by Crippen LogP contribution is -2.06. The summed E-state index contributed by atoms with van der Waals surface area (Å²) in [5.74, 6) is -0.784. The summed E-state index contributed by atoms with van der Waals surface area (Å²) in [4.78, 5) is 0. The number of benzene rings is 1. The van der Waals surface area contributed by atoms with Gasteiger partial charge in [0, 0.05) is 0 Å². The molecule has 0 bridgehead atoms. The zero-order valence-corrected chi connectivity index (χ0v) is 9.38. The van der Waals surface area contributed by atoms with Crippen molar-refractivity contribution >= 4 is 0 Å². The van der Waals surface area contributed by atoms with Gasteiger partial charge >= 0.3 is 0 Å². The molecule has 0 aliphatic carbocycles. The first-order chi connectivity index (χ1) is 7.04. The van der Waals surface area contributed by atoms with Crippen molar-refractivity contribution in [2.45, 2.75) is 39.7 Å². The normalized spacial score (nSPS) is 10.7. The molecular formula is C12H17FO2. The van der Waals surface area contributed by atoms with Gasteiger partial charge in [-0.25, -0.2) is 4.39 Å². The van der Waals surface area contributed by atoms with Crippen LogP contribution < -0.4 is 4.74 Å². The van der Waals surface area contributed by atoms with Crippen molar-refractivity contribution < 1.29 is 14.2 Å². The molecule has 0 radical (unpaired) electrons. The van der Waals surface area contributed by atoms with Crippen molar-refractivity contribution in [1.82, 2.24) is 0 Å². The zero-order valence-electron chi connectivity index (χ0n) is 9.38. The van der Waals surface area contributed by atoms with Gasteiger partial charge in [0.2, 0.25) is 0 Å². The summed E-state index contributed by atoms with van der Waals surface area (Å²) >= 11 is 0. The van der Waals surface area contributed by atoms with Crippen LogP contribution in [0.4, 0.5) is 4.39 Å². The smallest absolute Gasteiger partial charge is 0.194 e. The van der Waals surface area contributed by atoms with Gasteiger partial charge in [0.1, 0.15) is 0 Å². The third kappa shape index (κ3) is 3.11. The molecule has 0 aliphatic heterocycles. The van der Waals surface area contributed by atoms with E-state index >= 15 is 0 Å². The first-order valence-corrected chi connectivity index (χ1v) is 5.22. The Morgan fingerprint density at radius 3 is 2.60 bits per heavy atom. The summed E-state index contributed by atoms with van der Waals surface area (Å²) < 4.78 is 18.6. The molecule has 1 aromatic carbocycles. The van der Waals surface area contributed by atoms with E-state index in [1.807, 2.05) is 20.8 Å². The number of rotatable bonds is 4. The number of aromatic hydroxyl groups is 1. The largest absolute Gasteiger partial charge is 0.502 e. The Morgan fingerprint density at radius 2 is 2.07 bits per heavy atom. The van der Waals surface area contributed by atoms with E-state index in [0.717, 1.165) is 18.4 Å². The van der Waals surface area contributed by atoms with Crippen LogP contribution in [0.15, 0.2) is 12.1 Å². The molecule has 3 heteroatoms. The molecule has 1 N–H and O–H groups in total. The van der Waals surface area contributed by atoms with Gasteiger partial charge in [0.15, 0.2) is 17.3 Å². The van der Waals surface area contributed by atoms with Gasteiger partial charge in [0.05, 0.1) is 6.10 Å². The van der Waals surface area contributed by atoms with Gasteiger partial charge in [-0.1, -0.05) is 13.3 Å². The molecule has 0 aliphatic rings. The molecule has 0 heterocycles. The highest BCUT2D eigenvalue weighted by Crippen LogP contribution is 2.31. The Balaban J connectivity index is 3.01. The Bertz CT molecular complexity index is 335. The number of hydrogen-bond donors (Lipinski definition) is 1. The SMILES string of the molecule is CCCc1cc(F)c(O)c(OC(C)C)c1. The number of hydrogen-bond acceptors (Lipinski definition) is 2. The summed E-state index contributed by atoms with van der Waals surface area (Å²) in [7, 11) is 0. The standard InChI is InChI=1S/C12H17FO2/c1-4-5-9-6-10(13)12(14)11(7-9)15-8(2)3/h6-8,14H,4-5H2,1-3H3. The number of ether oxygens (including phenoxy) is 1. The maximum Gasteiger partial charge on any atom is 0.194 e. The van der Waals surface area contributed by atoms with E-state index < -0.39 is 11.6 Å². The summed E-state index contributed by atoms with van der Waals surface area (Å²) in [6.07, 6.45) is 1.64. The van der Waals surface area contributed by atoms with Gasteiger partial charge < -0.3 is 9.84 Å². The van der Waals surface area contributed by atoms with Crippen LogP contribution in [0.2, 0.25) is 0 Å². The van der Waals surface area contributed by atoms with E-state index in [1.165, 1.54) is 6.07 Å². The second-order valence-electron chi connectivity index (χ2n) is 3.84. The Hall–Kier alpha value is -1.25. The first kappa shape index (κ1) is 11.8. The summed E-state index contributed by atoms with van der Waals surface area (Å²) in [6.45, 7) is 5.70. The molecule has 0 unspecified atom stereocenters. The van der Waals surface area contributed by atoms with Crippen LogP contribution >= 0.6 is 0 Å². The minimum absolute atomic E-state index is 0.0767. The summed E-state index contributed by atoms with van der Waals surface area (Å²) in [5, 5.41) is 9.44. The molecule has 2 nitrogen and oxygen atoms in total. The lowest BCUT2D eigenvalue weighted by molar-refractivity contribution is 0.228. The van der Waals surface area contributed by atoms with Crippen LogP contribution in [0.3, 0.4) is 0 Å². The van der Waals surface area contributed by atoms with Crippen molar-refractivity contribution in [1.29, 1.82) is 0 Å². The highest BCUT2D eigenvalue weighted by molar-refractivity contribution is 5.43. The van der Waals surface area contributed by atoms with Crippen LogP contribution in [-0.2, 0) is 6.42 Å². The molecule has 0 spiro atoms. The average Bonchev–Trinajstić information content (AvgIpc) is 2.13. The molecule has 15 heavy (non-hydrogen) atoms. The maximum atomic E-state index is 13.3. The molecule has 1 rings (SSSR count). The van der Waals surface area contributed by atoms with Crippen molar-refractivity contribution in [3.05, 3.63) is 23.5 Å². The Labute approximate surface area is 89.7 Å². The summed E-state index contributed by atoms with van der Waals surface area (Å²) in [5.41, 5.74) is 0.850. The van der Waals surface area contributed by atoms with Gasteiger partial charge in [-0.3, -0.25) is 0 Å². The molecule has 1 aromatic rings. The average molecular weight is 212 g/mol. The van der Waals surface area contributed by atoms with E-state index in [4.69, 9.17) is 4.74 Å². The lowest BCUT2D eigenvalue weighted by Gasteiger charge is -2.13. The maximum absolute atomic E-state index is 13.3. The van der Waals surface area contributed by atoms with Crippen LogP contribution in [0, 0.1) is 5.82 Å². The monoisotopic (exact) mass is 212 g/mol. The van der Waals surface area contributed by atoms with Crippen molar-refractivity contribution in [2.24, 2.45) is 0 Å². The second-order valence-corrected chi connectivity index (χ2v) is 3.84. The van der Waals surface area contributed by atoms with E-state index in [-0.39, 0.29) is 11.9 Å². The minimum atomic E-state index is -0.614. The predicted octanol–water partition coefficient (Wildman–Crippen LogP) is 3.27. The number of aryl methyl sites for hydroxylation is 1. The fourth-order valence-corrected chi connectivity index (χ4v) is 1.40. The molecule has 0 saturated heterocycles. The highest BCUT2D eigenvalue weighted by atomic mass is 19.1. The van der Waals surface area contributed by atoms with Gasteiger partial charge in [0.25, 0.3) is 0 Å². The fourth-order valence-electron chi connectivity index (χ4n) is 1.40. The Kier molecular flexibility index (Phi) is 3.95. The summed E-state index contributed by atoms with van der Waals surface area (Å²) in [6, 6.07) is 3.05. The van der Waals surface area contributed by atoms with E-state index in [0.29, 0.717) is 0 Å². The van der Waals surface area contributed by atoms with Gasteiger partial charge in [-0.2, -0.15) is 0 Å². The number of phenolic OH excluding ortho intramolecular Hbond substituents is 1. The quantitative estimate of drug-likeness (QED) is 0.830. The number of phenols is 1. The van der Waals surface area contributed by atoms with Crippen molar-refractivity contribution in [3.63, 3.8) is 0 Å². The minimum Gasteiger partial charge on any atom is -0.502 e.